The molecule has 0 aliphatic carbocycles. The zero-order valence-corrected chi connectivity index (χ0v) is 10.6. The second kappa shape index (κ2) is 6.96. The van der Waals surface area contributed by atoms with Gasteiger partial charge in [0.2, 0.25) is 0 Å². The number of halogens is 1. The lowest BCUT2D eigenvalue weighted by atomic mass is 10.1. The fourth-order valence-corrected chi connectivity index (χ4v) is 1.67. The van der Waals surface area contributed by atoms with Crippen molar-refractivity contribution in [2.75, 3.05) is 26.8 Å². The smallest absolute Gasteiger partial charge is 0.256 e. The van der Waals surface area contributed by atoms with Crippen molar-refractivity contribution in [1.82, 2.24) is 4.90 Å². The van der Waals surface area contributed by atoms with Gasteiger partial charge >= 0.3 is 0 Å². The van der Waals surface area contributed by atoms with Crippen LogP contribution in [0.5, 0.6) is 5.75 Å². The molecule has 0 saturated carbocycles. The summed E-state index contributed by atoms with van der Waals surface area (Å²) in [5.41, 5.74) is -0.00213. The number of aliphatic hydroxyl groups excluding tert-OH is 1. The molecule has 0 unspecified atom stereocenters. The molecule has 0 spiro atoms. The van der Waals surface area contributed by atoms with E-state index in [1.54, 1.807) is 6.07 Å². The number of hydrogen-bond acceptors (Lipinski definition) is 3. The zero-order valence-electron chi connectivity index (χ0n) is 10.6. The molecule has 0 saturated heterocycles. The van der Waals surface area contributed by atoms with E-state index in [2.05, 4.69) is 0 Å². The molecule has 0 atom stereocenters. The van der Waals surface area contributed by atoms with Gasteiger partial charge in [-0.3, -0.25) is 4.79 Å². The summed E-state index contributed by atoms with van der Waals surface area (Å²) in [4.78, 5) is 13.5. The Labute approximate surface area is 106 Å². The number of hydrogen-bond donors (Lipinski definition) is 1. The summed E-state index contributed by atoms with van der Waals surface area (Å²) in [6, 6.07) is 4.12. The van der Waals surface area contributed by atoms with E-state index in [-0.39, 0.29) is 18.7 Å². The second-order valence-electron chi connectivity index (χ2n) is 3.86. The minimum Gasteiger partial charge on any atom is -0.497 e. The first-order valence-corrected chi connectivity index (χ1v) is 5.87. The van der Waals surface area contributed by atoms with E-state index < -0.39 is 11.7 Å². The predicted molar refractivity (Wildman–Crippen MR) is 66.2 cm³/mol. The monoisotopic (exact) mass is 255 g/mol. The van der Waals surface area contributed by atoms with Gasteiger partial charge in [-0.05, 0) is 18.6 Å². The van der Waals surface area contributed by atoms with Crippen LogP contribution in [0.25, 0.3) is 0 Å². The Morgan fingerprint density at radius 2 is 2.17 bits per heavy atom. The van der Waals surface area contributed by atoms with E-state index in [1.165, 1.54) is 24.1 Å². The van der Waals surface area contributed by atoms with Crippen LogP contribution < -0.4 is 4.74 Å². The highest BCUT2D eigenvalue weighted by Gasteiger charge is 2.18. The number of carbonyl (C=O) groups excluding carboxylic acids is 1. The lowest BCUT2D eigenvalue weighted by Crippen LogP contribution is -2.34. The molecule has 0 aliphatic rings. The largest absolute Gasteiger partial charge is 0.497 e. The third-order valence-corrected chi connectivity index (χ3v) is 2.56. The Kier molecular flexibility index (Phi) is 5.58. The van der Waals surface area contributed by atoms with E-state index in [0.29, 0.717) is 12.3 Å². The Morgan fingerprint density at radius 1 is 1.44 bits per heavy atom. The quantitative estimate of drug-likeness (QED) is 0.841. The number of aliphatic hydroxyl groups is 1. The first kappa shape index (κ1) is 14.4. The highest BCUT2D eigenvalue weighted by molar-refractivity contribution is 5.94. The molecule has 1 aromatic carbocycles. The lowest BCUT2D eigenvalue weighted by molar-refractivity contribution is 0.0717. The minimum absolute atomic E-state index is 0.00213. The molecule has 1 N–H and O–H groups in total. The van der Waals surface area contributed by atoms with Crippen molar-refractivity contribution in [3.05, 3.63) is 29.6 Å². The van der Waals surface area contributed by atoms with Gasteiger partial charge in [-0.2, -0.15) is 0 Å². The van der Waals surface area contributed by atoms with Crippen molar-refractivity contribution in [3.63, 3.8) is 0 Å². The van der Waals surface area contributed by atoms with Crippen molar-refractivity contribution >= 4 is 5.91 Å². The molecule has 0 radical (unpaired) electrons. The number of nitrogens with zero attached hydrogens (tertiary/aromatic N) is 1. The van der Waals surface area contributed by atoms with E-state index in [0.717, 1.165) is 6.42 Å². The summed E-state index contributed by atoms with van der Waals surface area (Å²) in [5.74, 6) is -0.655. The van der Waals surface area contributed by atoms with Crippen LogP contribution in [-0.2, 0) is 0 Å². The highest BCUT2D eigenvalue weighted by Crippen LogP contribution is 2.17. The van der Waals surface area contributed by atoms with Crippen molar-refractivity contribution in [3.8, 4) is 5.75 Å². The average molecular weight is 255 g/mol. The fourth-order valence-electron chi connectivity index (χ4n) is 1.67. The number of ether oxygens (including phenoxy) is 1. The van der Waals surface area contributed by atoms with Gasteiger partial charge in [0.1, 0.15) is 11.6 Å². The van der Waals surface area contributed by atoms with Gasteiger partial charge in [0.05, 0.1) is 19.3 Å². The average Bonchev–Trinajstić information content (AvgIpc) is 2.37. The predicted octanol–water partition coefficient (Wildman–Crippen LogP) is 1.68. The first-order valence-electron chi connectivity index (χ1n) is 5.87. The Balaban J connectivity index is 2.93. The summed E-state index contributed by atoms with van der Waals surface area (Å²) in [7, 11) is 1.44. The third kappa shape index (κ3) is 3.43. The molecule has 1 rings (SSSR count). The number of carbonyl (C=O) groups is 1. The molecule has 5 heteroatoms. The highest BCUT2D eigenvalue weighted by atomic mass is 19.1. The van der Waals surface area contributed by atoms with Gasteiger partial charge < -0.3 is 14.7 Å². The van der Waals surface area contributed by atoms with Gasteiger partial charge in [-0.15, -0.1) is 0 Å². The van der Waals surface area contributed by atoms with Gasteiger partial charge in [0.15, 0.2) is 0 Å². The molecule has 1 aromatic rings. The van der Waals surface area contributed by atoms with Crippen LogP contribution in [0.3, 0.4) is 0 Å². The van der Waals surface area contributed by atoms with Gasteiger partial charge in [-0.25, -0.2) is 4.39 Å². The third-order valence-electron chi connectivity index (χ3n) is 2.56. The molecule has 0 fully saturated rings. The Bertz CT molecular complexity index is 403. The fraction of sp³-hybridized carbons (Fsp3) is 0.462. The number of benzene rings is 1. The second-order valence-corrected chi connectivity index (χ2v) is 3.86. The molecule has 0 aromatic heterocycles. The zero-order chi connectivity index (χ0) is 13.5. The summed E-state index contributed by atoms with van der Waals surface area (Å²) < 4.78 is 18.6. The van der Waals surface area contributed by atoms with Crippen molar-refractivity contribution in [1.29, 1.82) is 0 Å². The van der Waals surface area contributed by atoms with Gasteiger partial charge in [0, 0.05) is 19.2 Å². The summed E-state index contributed by atoms with van der Waals surface area (Å²) >= 11 is 0. The van der Waals surface area contributed by atoms with E-state index in [9.17, 15) is 9.18 Å². The van der Waals surface area contributed by atoms with Crippen LogP contribution in [0.2, 0.25) is 0 Å². The van der Waals surface area contributed by atoms with Crippen LogP contribution in [0.4, 0.5) is 4.39 Å². The van der Waals surface area contributed by atoms with Crippen molar-refractivity contribution in [2.24, 2.45) is 0 Å². The maximum absolute atomic E-state index is 13.7. The van der Waals surface area contributed by atoms with Crippen molar-refractivity contribution in [2.45, 2.75) is 13.3 Å². The van der Waals surface area contributed by atoms with Gasteiger partial charge in [-0.1, -0.05) is 6.92 Å². The molecule has 0 heterocycles. The summed E-state index contributed by atoms with van der Waals surface area (Å²) in [6.45, 7) is 2.48. The molecular weight excluding hydrogens is 237 g/mol. The van der Waals surface area contributed by atoms with Crippen LogP contribution >= 0.6 is 0 Å². The van der Waals surface area contributed by atoms with Gasteiger partial charge in [0.25, 0.3) is 5.91 Å². The van der Waals surface area contributed by atoms with Crippen molar-refractivity contribution < 1.29 is 19.0 Å². The number of rotatable bonds is 6. The standard InChI is InChI=1S/C13H18FNO3/c1-3-6-15(7-8-16)13(17)11-5-4-10(18-2)9-12(11)14/h4-5,9,16H,3,6-8H2,1-2H3. The Morgan fingerprint density at radius 3 is 2.67 bits per heavy atom. The van der Waals surface area contributed by atoms with Crippen LogP contribution in [0.1, 0.15) is 23.7 Å². The Hall–Kier alpha value is -1.62. The van der Waals surface area contributed by atoms with E-state index in [4.69, 9.17) is 9.84 Å². The van der Waals surface area contributed by atoms with E-state index >= 15 is 0 Å². The maximum Gasteiger partial charge on any atom is 0.256 e. The maximum atomic E-state index is 13.7. The summed E-state index contributed by atoms with van der Waals surface area (Å²) in [6.07, 6.45) is 0.753. The molecule has 100 valence electrons. The lowest BCUT2D eigenvalue weighted by Gasteiger charge is -2.21. The topological polar surface area (TPSA) is 49.8 Å². The minimum atomic E-state index is -0.613. The van der Waals surface area contributed by atoms with Crippen LogP contribution in [-0.4, -0.2) is 42.7 Å². The number of methoxy groups -OCH3 is 1. The molecule has 4 nitrogen and oxygen atoms in total. The van der Waals surface area contributed by atoms with Crippen LogP contribution in [0.15, 0.2) is 18.2 Å². The molecule has 1 amide bonds. The first-order chi connectivity index (χ1) is 8.63. The normalized spacial score (nSPS) is 10.2. The van der Waals surface area contributed by atoms with E-state index in [1.807, 2.05) is 6.92 Å². The molecular formula is C13H18FNO3. The molecule has 0 bridgehead atoms. The summed E-state index contributed by atoms with van der Waals surface area (Å²) in [5, 5.41) is 8.90. The number of amides is 1. The van der Waals surface area contributed by atoms with Crippen LogP contribution in [0, 0.1) is 5.82 Å². The molecule has 0 aliphatic heterocycles. The molecule has 18 heavy (non-hydrogen) atoms. The SMILES string of the molecule is CCCN(CCO)C(=O)c1ccc(OC)cc1F.